The molecule has 0 spiro atoms. The van der Waals surface area contributed by atoms with Crippen LogP contribution in [0, 0.1) is 0 Å². The highest BCUT2D eigenvalue weighted by molar-refractivity contribution is 9.09. The summed E-state index contributed by atoms with van der Waals surface area (Å²) in [5.74, 6) is 0.355. The molecule has 0 bridgehead atoms. The van der Waals surface area contributed by atoms with E-state index in [1.165, 1.54) is 0 Å². The Morgan fingerprint density at radius 1 is 1.40 bits per heavy atom. The molecule has 3 nitrogen and oxygen atoms in total. The maximum atomic E-state index is 11.5. The molecule has 0 aliphatic rings. The molecule has 0 aliphatic carbocycles. The number of hydrogen-bond donors (Lipinski definition) is 1. The maximum absolute atomic E-state index is 11.5. The number of hydrogen-bond acceptors (Lipinski definition) is 2. The maximum Gasteiger partial charge on any atom is 0.223 e. The van der Waals surface area contributed by atoms with Crippen LogP contribution in [-0.4, -0.2) is 28.3 Å². The summed E-state index contributed by atoms with van der Waals surface area (Å²) in [6, 6.07) is 6.87. The average Bonchev–Trinajstić information content (AvgIpc) is 2.22. The van der Waals surface area contributed by atoms with Gasteiger partial charge in [0.25, 0.3) is 0 Å². The van der Waals surface area contributed by atoms with Crippen molar-refractivity contribution in [3.63, 3.8) is 0 Å². The number of carbonyl (C=O) groups is 1. The number of carbonyl (C=O) groups excluding carboxylic acids is 1. The van der Waals surface area contributed by atoms with Gasteiger partial charge in [-0.05, 0) is 17.7 Å². The van der Waals surface area contributed by atoms with Gasteiger partial charge in [-0.25, -0.2) is 0 Å². The summed E-state index contributed by atoms with van der Waals surface area (Å²) in [6.07, 6.45) is 0.509. The van der Waals surface area contributed by atoms with Gasteiger partial charge < -0.3 is 10.0 Å². The van der Waals surface area contributed by atoms with E-state index in [0.29, 0.717) is 18.3 Å². The molecule has 1 rings (SSSR count). The Bertz CT molecular complexity index is 324. The molecule has 0 aliphatic heterocycles. The van der Waals surface area contributed by atoms with Crippen molar-refractivity contribution >= 4 is 21.8 Å². The van der Waals surface area contributed by atoms with E-state index in [1.54, 1.807) is 24.1 Å². The monoisotopic (exact) mass is 271 g/mol. The zero-order chi connectivity index (χ0) is 11.3. The highest BCUT2D eigenvalue weighted by Crippen LogP contribution is 2.11. The van der Waals surface area contributed by atoms with Crippen LogP contribution in [0.2, 0.25) is 0 Å². The normalized spacial score (nSPS) is 10.0. The van der Waals surface area contributed by atoms with E-state index in [9.17, 15) is 4.79 Å². The Balaban J connectivity index is 2.54. The first-order valence-electron chi connectivity index (χ1n) is 4.71. The fourth-order valence-corrected chi connectivity index (χ4v) is 1.57. The minimum absolute atomic E-state index is 0.111. The lowest BCUT2D eigenvalue weighted by atomic mass is 10.2. The lowest BCUT2D eigenvalue weighted by Gasteiger charge is -2.16. The fourth-order valence-electron chi connectivity index (χ4n) is 1.24. The van der Waals surface area contributed by atoms with Gasteiger partial charge in [0.15, 0.2) is 0 Å². The third-order valence-corrected chi connectivity index (χ3v) is 2.49. The Morgan fingerprint density at radius 2 is 2.00 bits per heavy atom. The van der Waals surface area contributed by atoms with Crippen LogP contribution < -0.4 is 0 Å². The first-order valence-corrected chi connectivity index (χ1v) is 5.83. The molecule has 0 fully saturated rings. The first kappa shape index (κ1) is 12.0. The lowest BCUT2D eigenvalue weighted by molar-refractivity contribution is -0.129. The molecule has 0 saturated heterocycles. The molecule has 1 N–H and O–H groups in total. The highest BCUT2D eigenvalue weighted by Gasteiger charge is 2.07. The Morgan fingerprint density at radius 3 is 2.53 bits per heavy atom. The Labute approximate surface area is 97.8 Å². The van der Waals surface area contributed by atoms with E-state index < -0.39 is 0 Å². The molecular weight excluding hydrogens is 258 g/mol. The Kier molecular flexibility index (Phi) is 4.62. The van der Waals surface area contributed by atoms with Crippen LogP contribution in [0.15, 0.2) is 24.3 Å². The molecule has 1 amide bonds. The topological polar surface area (TPSA) is 40.5 Å². The van der Waals surface area contributed by atoms with Crippen LogP contribution in [0.4, 0.5) is 0 Å². The number of alkyl halides is 1. The summed E-state index contributed by atoms with van der Waals surface area (Å²) < 4.78 is 0. The van der Waals surface area contributed by atoms with Gasteiger partial charge in [-0.2, -0.15) is 0 Å². The molecule has 15 heavy (non-hydrogen) atoms. The van der Waals surface area contributed by atoms with Gasteiger partial charge in [0.05, 0.1) is 0 Å². The fraction of sp³-hybridized carbons (Fsp3) is 0.364. The summed E-state index contributed by atoms with van der Waals surface area (Å²) in [5.41, 5.74) is 1.01. The number of phenolic OH excluding ortho intramolecular Hbond substituents is 1. The van der Waals surface area contributed by atoms with Crippen molar-refractivity contribution in [2.75, 3.05) is 12.4 Å². The average molecular weight is 272 g/mol. The highest BCUT2D eigenvalue weighted by atomic mass is 79.9. The summed E-state index contributed by atoms with van der Waals surface area (Å²) in [4.78, 5) is 13.1. The van der Waals surface area contributed by atoms with Gasteiger partial charge in [-0.1, -0.05) is 28.1 Å². The number of amides is 1. The summed E-state index contributed by atoms with van der Waals surface area (Å²) >= 11 is 3.23. The van der Waals surface area contributed by atoms with Crippen molar-refractivity contribution < 1.29 is 9.90 Å². The molecule has 0 heterocycles. The molecular formula is C11H14BrNO2. The van der Waals surface area contributed by atoms with E-state index in [2.05, 4.69) is 15.9 Å². The molecule has 1 aromatic rings. The molecule has 0 radical (unpaired) electrons. The minimum atomic E-state index is 0.111. The van der Waals surface area contributed by atoms with E-state index in [0.717, 1.165) is 5.56 Å². The molecule has 0 saturated carbocycles. The standard InChI is InChI=1S/C11H14BrNO2/c1-13(11(15)6-7-12)8-9-2-4-10(14)5-3-9/h2-5,14H,6-8H2,1H3. The number of nitrogens with zero attached hydrogens (tertiary/aromatic N) is 1. The molecule has 4 heteroatoms. The van der Waals surface area contributed by atoms with Gasteiger partial charge in [0, 0.05) is 25.3 Å². The van der Waals surface area contributed by atoms with Crippen molar-refractivity contribution in [3.8, 4) is 5.75 Å². The number of halogens is 1. The second-order valence-electron chi connectivity index (χ2n) is 3.36. The number of benzene rings is 1. The summed E-state index contributed by atoms with van der Waals surface area (Å²) in [5, 5.41) is 9.78. The quantitative estimate of drug-likeness (QED) is 0.853. The van der Waals surface area contributed by atoms with Crippen molar-refractivity contribution in [2.45, 2.75) is 13.0 Å². The first-order chi connectivity index (χ1) is 7.13. The Hall–Kier alpha value is -1.03. The van der Waals surface area contributed by atoms with Gasteiger partial charge in [0.2, 0.25) is 5.91 Å². The van der Waals surface area contributed by atoms with Crippen LogP contribution in [0.5, 0.6) is 5.75 Å². The van der Waals surface area contributed by atoms with Gasteiger partial charge in [-0.3, -0.25) is 4.79 Å². The van der Waals surface area contributed by atoms with E-state index in [1.807, 2.05) is 12.1 Å². The van der Waals surface area contributed by atoms with Crippen molar-refractivity contribution in [1.29, 1.82) is 0 Å². The largest absolute Gasteiger partial charge is 0.508 e. The molecule has 1 aromatic carbocycles. The number of aromatic hydroxyl groups is 1. The van der Waals surface area contributed by atoms with E-state index >= 15 is 0 Å². The smallest absolute Gasteiger partial charge is 0.223 e. The van der Waals surface area contributed by atoms with E-state index in [-0.39, 0.29) is 11.7 Å². The second kappa shape index (κ2) is 5.75. The molecule has 0 atom stereocenters. The second-order valence-corrected chi connectivity index (χ2v) is 4.15. The molecule has 0 unspecified atom stereocenters. The molecule has 0 aromatic heterocycles. The van der Waals surface area contributed by atoms with Gasteiger partial charge in [-0.15, -0.1) is 0 Å². The zero-order valence-electron chi connectivity index (χ0n) is 8.61. The predicted octanol–water partition coefficient (Wildman–Crippen LogP) is 2.14. The summed E-state index contributed by atoms with van der Waals surface area (Å²) in [6.45, 7) is 0.576. The summed E-state index contributed by atoms with van der Waals surface area (Å²) in [7, 11) is 1.78. The van der Waals surface area contributed by atoms with Gasteiger partial charge >= 0.3 is 0 Å². The SMILES string of the molecule is CN(Cc1ccc(O)cc1)C(=O)CCBr. The van der Waals surface area contributed by atoms with Crippen LogP contribution in [0.3, 0.4) is 0 Å². The van der Waals surface area contributed by atoms with Crippen LogP contribution in [0.1, 0.15) is 12.0 Å². The third-order valence-electron chi connectivity index (χ3n) is 2.09. The number of rotatable bonds is 4. The van der Waals surface area contributed by atoms with Gasteiger partial charge in [0.1, 0.15) is 5.75 Å². The third kappa shape index (κ3) is 3.91. The zero-order valence-corrected chi connectivity index (χ0v) is 10.2. The minimum Gasteiger partial charge on any atom is -0.508 e. The van der Waals surface area contributed by atoms with Crippen molar-refractivity contribution in [3.05, 3.63) is 29.8 Å². The molecule has 82 valence electrons. The van der Waals surface area contributed by atoms with Crippen molar-refractivity contribution in [2.24, 2.45) is 0 Å². The predicted molar refractivity (Wildman–Crippen MR) is 63.0 cm³/mol. The van der Waals surface area contributed by atoms with Crippen LogP contribution in [-0.2, 0) is 11.3 Å². The van der Waals surface area contributed by atoms with Crippen LogP contribution >= 0.6 is 15.9 Å². The van der Waals surface area contributed by atoms with Crippen molar-refractivity contribution in [1.82, 2.24) is 4.90 Å². The van der Waals surface area contributed by atoms with Crippen LogP contribution in [0.25, 0.3) is 0 Å². The number of phenols is 1. The van der Waals surface area contributed by atoms with E-state index in [4.69, 9.17) is 5.11 Å². The lowest BCUT2D eigenvalue weighted by Crippen LogP contribution is -2.26.